The molecule has 2 rings (SSSR count). The van der Waals surface area contributed by atoms with Crippen molar-refractivity contribution in [1.82, 2.24) is 19.7 Å². The fourth-order valence-corrected chi connectivity index (χ4v) is 1.96. The number of rotatable bonds is 2. The van der Waals surface area contributed by atoms with Crippen molar-refractivity contribution < 1.29 is 0 Å². The average molecular weight is 234 g/mol. The molecule has 6 nitrogen and oxygen atoms in total. The van der Waals surface area contributed by atoms with Crippen LogP contribution in [0, 0.1) is 18.3 Å². The highest BCUT2D eigenvalue weighted by Gasteiger charge is 2.15. The van der Waals surface area contributed by atoms with Crippen LogP contribution in [0.3, 0.4) is 0 Å². The maximum atomic E-state index is 8.73. The van der Waals surface area contributed by atoms with Gasteiger partial charge in [-0.25, -0.2) is 9.97 Å². The number of aromatic nitrogens is 4. The molecule has 0 spiro atoms. The van der Waals surface area contributed by atoms with Crippen LogP contribution >= 0.6 is 11.3 Å². The third kappa shape index (κ3) is 1.80. The van der Waals surface area contributed by atoms with Gasteiger partial charge in [0, 0.05) is 0 Å². The monoisotopic (exact) mass is 234 g/mol. The van der Waals surface area contributed by atoms with Crippen molar-refractivity contribution in [2.24, 2.45) is 5.73 Å². The summed E-state index contributed by atoms with van der Waals surface area (Å²) in [6.45, 7) is 3.62. The Hall–Kier alpha value is -1.78. The topological polar surface area (TPSA) is 93.4 Å². The second kappa shape index (κ2) is 4.00. The van der Waals surface area contributed by atoms with Crippen LogP contribution in [-0.4, -0.2) is 19.7 Å². The molecule has 0 saturated heterocycles. The second-order valence-corrected chi connectivity index (χ2v) is 4.35. The van der Waals surface area contributed by atoms with Crippen molar-refractivity contribution in [3.8, 4) is 11.2 Å². The van der Waals surface area contributed by atoms with Gasteiger partial charge in [0.2, 0.25) is 5.13 Å². The fourth-order valence-electron chi connectivity index (χ4n) is 1.28. The summed E-state index contributed by atoms with van der Waals surface area (Å²) in [4.78, 5) is 8.89. The third-order valence-corrected chi connectivity index (χ3v) is 2.81. The number of aryl methyl sites for hydroxylation is 1. The first-order chi connectivity index (χ1) is 7.61. The maximum absolute atomic E-state index is 8.73. The van der Waals surface area contributed by atoms with Gasteiger partial charge in [0.15, 0.2) is 5.82 Å². The molecule has 2 N–H and O–H groups in total. The molecule has 0 aliphatic heterocycles. The zero-order valence-corrected chi connectivity index (χ0v) is 9.69. The lowest BCUT2D eigenvalue weighted by molar-refractivity contribution is 0.687. The van der Waals surface area contributed by atoms with Gasteiger partial charge in [-0.3, -0.25) is 0 Å². The standard InChI is InChI=1S/C9H10N6S/c1-5(11)8-13-6(2)14-15(8)9-12-4-7(3-10)16-9/h4-5H,11H2,1-2H3. The van der Waals surface area contributed by atoms with Crippen molar-refractivity contribution in [1.29, 1.82) is 5.26 Å². The van der Waals surface area contributed by atoms with Gasteiger partial charge < -0.3 is 5.73 Å². The van der Waals surface area contributed by atoms with Crippen LogP contribution in [0.1, 0.15) is 29.5 Å². The predicted octanol–water partition coefficient (Wildman–Crippen LogP) is 0.924. The molecular weight excluding hydrogens is 224 g/mol. The lowest BCUT2D eigenvalue weighted by atomic mass is 10.3. The zero-order valence-electron chi connectivity index (χ0n) is 8.88. The van der Waals surface area contributed by atoms with Crippen molar-refractivity contribution in [2.75, 3.05) is 0 Å². The molecule has 0 amide bonds. The summed E-state index contributed by atoms with van der Waals surface area (Å²) in [6, 6.07) is 1.81. The quantitative estimate of drug-likeness (QED) is 0.834. The highest BCUT2D eigenvalue weighted by molar-refractivity contribution is 7.14. The van der Waals surface area contributed by atoms with Crippen molar-refractivity contribution in [3.63, 3.8) is 0 Å². The van der Waals surface area contributed by atoms with Crippen LogP contribution in [0.2, 0.25) is 0 Å². The van der Waals surface area contributed by atoms with E-state index >= 15 is 0 Å². The molecule has 0 aliphatic carbocycles. The molecule has 7 heteroatoms. The van der Waals surface area contributed by atoms with Gasteiger partial charge in [0.05, 0.1) is 12.2 Å². The lowest BCUT2D eigenvalue weighted by Gasteiger charge is -2.04. The van der Waals surface area contributed by atoms with E-state index in [0.29, 0.717) is 21.7 Å². The van der Waals surface area contributed by atoms with E-state index in [1.165, 1.54) is 17.5 Å². The SMILES string of the molecule is Cc1nc(C(C)N)n(-c2ncc(C#N)s2)n1. The van der Waals surface area contributed by atoms with E-state index in [1.54, 1.807) is 11.6 Å². The highest BCUT2D eigenvalue weighted by atomic mass is 32.1. The Bertz CT molecular complexity index is 547. The van der Waals surface area contributed by atoms with Gasteiger partial charge in [-0.05, 0) is 13.8 Å². The summed E-state index contributed by atoms with van der Waals surface area (Å²) in [6.07, 6.45) is 1.52. The largest absolute Gasteiger partial charge is 0.322 e. The number of nitrogens with zero attached hydrogens (tertiary/aromatic N) is 5. The minimum absolute atomic E-state index is 0.226. The second-order valence-electron chi connectivity index (χ2n) is 3.34. The van der Waals surface area contributed by atoms with E-state index in [4.69, 9.17) is 11.0 Å². The van der Waals surface area contributed by atoms with Crippen LogP contribution < -0.4 is 5.73 Å². The van der Waals surface area contributed by atoms with E-state index in [0.717, 1.165) is 0 Å². The van der Waals surface area contributed by atoms with Gasteiger partial charge in [-0.2, -0.15) is 9.94 Å². The van der Waals surface area contributed by atoms with Crippen molar-refractivity contribution in [3.05, 3.63) is 22.7 Å². The van der Waals surface area contributed by atoms with E-state index < -0.39 is 0 Å². The molecule has 0 radical (unpaired) electrons. The number of hydrogen-bond acceptors (Lipinski definition) is 6. The minimum atomic E-state index is -0.226. The average Bonchev–Trinajstić information content (AvgIpc) is 2.82. The lowest BCUT2D eigenvalue weighted by Crippen LogP contribution is -2.13. The van der Waals surface area contributed by atoms with Crippen LogP contribution in [0.25, 0.3) is 5.13 Å². The summed E-state index contributed by atoms with van der Waals surface area (Å²) in [7, 11) is 0. The van der Waals surface area contributed by atoms with E-state index in [9.17, 15) is 0 Å². The minimum Gasteiger partial charge on any atom is -0.322 e. The Morgan fingerprint density at radius 2 is 2.38 bits per heavy atom. The zero-order chi connectivity index (χ0) is 11.7. The molecule has 2 heterocycles. The van der Waals surface area contributed by atoms with Crippen LogP contribution in [0.4, 0.5) is 0 Å². The Kier molecular flexibility index (Phi) is 2.68. The smallest absolute Gasteiger partial charge is 0.213 e. The number of thiazole rings is 1. The summed E-state index contributed by atoms with van der Waals surface area (Å²) in [5.41, 5.74) is 5.79. The molecule has 1 unspecified atom stereocenters. The van der Waals surface area contributed by atoms with Crippen LogP contribution in [0.15, 0.2) is 6.20 Å². The van der Waals surface area contributed by atoms with Gasteiger partial charge in [-0.1, -0.05) is 11.3 Å². The van der Waals surface area contributed by atoms with Gasteiger partial charge in [0.1, 0.15) is 16.8 Å². The maximum Gasteiger partial charge on any atom is 0.213 e. The Balaban J connectivity index is 2.51. The first-order valence-corrected chi connectivity index (χ1v) is 5.49. The molecule has 82 valence electrons. The summed E-state index contributed by atoms with van der Waals surface area (Å²) >= 11 is 1.26. The predicted molar refractivity (Wildman–Crippen MR) is 59.1 cm³/mol. The molecular formula is C9H10N6S. The first-order valence-electron chi connectivity index (χ1n) is 4.67. The number of nitrogens with two attached hydrogens (primary N) is 1. The molecule has 0 bridgehead atoms. The number of hydrogen-bond donors (Lipinski definition) is 1. The van der Waals surface area contributed by atoms with E-state index in [1.807, 2.05) is 13.0 Å². The van der Waals surface area contributed by atoms with Gasteiger partial charge >= 0.3 is 0 Å². The Morgan fingerprint density at radius 3 is 2.94 bits per heavy atom. The van der Waals surface area contributed by atoms with Gasteiger partial charge in [-0.15, -0.1) is 5.10 Å². The fraction of sp³-hybridized carbons (Fsp3) is 0.333. The normalized spacial score (nSPS) is 12.4. The molecule has 2 aromatic heterocycles. The van der Waals surface area contributed by atoms with Gasteiger partial charge in [0.25, 0.3) is 0 Å². The molecule has 0 aromatic carbocycles. The van der Waals surface area contributed by atoms with Crippen molar-refractivity contribution >= 4 is 11.3 Å². The Labute approximate surface area is 96.4 Å². The van der Waals surface area contributed by atoms with E-state index in [-0.39, 0.29) is 6.04 Å². The first kappa shape index (κ1) is 10.7. The Morgan fingerprint density at radius 1 is 1.62 bits per heavy atom. The molecule has 0 saturated carbocycles. The van der Waals surface area contributed by atoms with Crippen LogP contribution in [-0.2, 0) is 0 Å². The summed E-state index contributed by atoms with van der Waals surface area (Å²) < 4.78 is 1.59. The molecule has 2 aromatic rings. The molecule has 16 heavy (non-hydrogen) atoms. The van der Waals surface area contributed by atoms with Crippen molar-refractivity contribution in [2.45, 2.75) is 19.9 Å². The summed E-state index contributed by atoms with van der Waals surface area (Å²) in [5, 5.41) is 13.6. The summed E-state index contributed by atoms with van der Waals surface area (Å²) in [5.74, 6) is 1.29. The van der Waals surface area contributed by atoms with Crippen LogP contribution in [0.5, 0.6) is 0 Å². The van der Waals surface area contributed by atoms with E-state index in [2.05, 4.69) is 15.1 Å². The third-order valence-electron chi connectivity index (χ3n) is 1.93. The molecule has 1 atom stereocenters. The molecule has 0 fully saturated rings. The highest BCUT2D eigenvalue weighted by Crippen LogP contribution is 2.19. The molecule has 0 aliphatic rings. The number of nitriles is 1.